The number of ether oxygens (including phenoxy) is 1. The van der Waals surface area contributed by atoms with Crippen LogP contribution in [0.25, 0.3) is 15.9 Å². The molecular formula is C28H31N3O3S2. The maximum Gasteiger partial charge on any atom is 0.267 e. The fourth-order valence-corrected chi connectivity index (χ4v) is 6.18. The normalized spacial score (nSPS) is 11.1. The van der Waals surface area contributed by atoms with Crippen molar-refractivity contribution in [3.05, 3.63) is 74.4 Å². The summed E-state index contributed by atoms with van der Waals surface area (Å²) in [5, 5.41) is 4.15. The van der Waals surface area contributed by atoms with E-state index >= 15 is 0 Å². The number of aromatic nitrogens is 2. The molecule has 188 valence electrons. The number of rotatable bonds is 9. The van der Waals surface area contributed by atoms with E-state index in [-0.39, 0.29) is 17.2 Å². The topological polar surface area (TPSA) is 73.2 Å². The van der Waals surface area contributed by atoms with Crippen molar-refractivity contribution in [2.45, 2.75) is 52.6 Å². The van der Waals surface area contributed by atoms with Gasteiger partial charge < -0.3 is 10.1 Å². The van der Waals surface area contributed by atoms with Crippen molar-refractivity contribution in [1.82, 2.24) is 9.55 Å². The SMILES string of the molecule is CCCc1sc2nc(SCC(=O)Nc3cc(C)ccc3C)n(-c3ccc(OCC)cc3)c(=O)c2c1C. The number of carbonyl (C=O) groups excluding carboxylic acids is 1. The highest BCUT2D eigenvalue weighted by atomic mass is 32.2. The summed E-state index contributed by atoms with van der Waals surface area (Å²) in [5.74, 6) is 0.729. The monoisotopic (exact) mass is 521 g/mol. The summed E-state index contributed by atoms with van der Waals surface area (Å²) in [6.07, 6.45) is 1.91. The number of benzene rings is 2. The van der Waals surface area contributed by atoms with E-state index in [0.29, 0.717) is 22.8 Å². The summed E-state index contributed by atoms with van der Waals surface area (Å²) < 4.78 is 7.19. The molecule has 0 spiro atoms. The first-order valence-electron chi connectivity index (χ1n) is 12.1. The number of hydrogen-bond donors (Lipinski definition) is 1. The lowest BCUT2D eigenvalue weighted by Crippen LogP contribution is -2.23. The third kappa shape index (κ3) is 5.50. The second kappa shape index (κ2) is 11.3. The van der Waals surface area contributed by atoms with E-state index in [0.717, 1.165) is 45.8 Å². The van der Waals surface area contributed by atoms with E-state index in [9.17, 15) is 9.59 Å². The van der Waals surface area contributed by atoms with Crippen LogP contribution >= 0.6 is 23.1 Å². The minimum absolute atomic E-state index is 0.113. The zero-order chi connectivity index (χ0) is 25.8. The van der Waals surface area contributed by atoms with Crippen LogP contribution in [0.5, 0.6) is 5.75 Å². The van der Waals surface area contributed by atoms with Gasteiger partial charge in [0.2, 0.25) is 5.91 Å². The third-order valence-electron chi connectivity index (χ3n) is 5.91. The lowest BCUT2D eigenvalue weighted by atomic mass is 10.1. The van der Waals surface area contributed by atoms with Crippen LogP contribution in [0, 0.1) is 20.8 Å². The van der Waals surface area contributed by atoms with Gasteiger partial charge in [0.25, 0.3) is 5.56 Å². The zero-order valence-electron chi connectivity index (χ0n) is 21.3. The number of nitrogens with one attached hydrogen (secondary N) is 1. The van der Waals surface area contributed by atoms with Crippen molar-refractivity contribution in [2.75, 3.05) is 17.7 Å². The molecule has 2 heterocycles. The quantitative estimate of drug-likeness (QED) is 0.202. The average molecular weight is 522 g/mol. The predicted octanol–water partition coefficient (Wildman–Crippen LogP) is 6.45. The second-order valence-electron chi connectivity index (χ2n) is 8.70. The lowest BCUT2D eigenvalue weighted by Gasteiger charge is -2.13. The number of thiophene rings is 1. The van der Waals surface area contributed by atoms with Crippen LogP contribution in [0.2, 0.25) is 0 Å². The Morgan fingerprint density at radius 2 is 1.86 bits per heavy atom. The number of anilines is 1. The molecular weight excluding hydrogens is 490 g/mol. The van der Waals surface area contributed by atoms with Crippen molar-refractivity contribution < 1.29 is 9.53 Å². The average Bonchev–Trinajstić information content (AvgIpc) is 3.16. The number of amides is 1. The Morgan fingerprint density at radius 1 is 1.11 bits per heavy atom. The molecule has 0 unspecified atom stereocenters. The van der Waals surface area contributed by atoms with Crippen molar-refractivity contribution in [2.24, 2.45) is 0 Å². The molecule has 0 saturated carbocycles. The zero-order valence-corrected chi connectivity index (χ0v) is 22.9. The summed E-state index contributed by atoms with van der Waals surface area (Å²) >= 11 is 2.84. The molecule has 1 N–H and O–H groups in total. The number of thioether (sulfide) groups is 1. The number of fused-ring (bicyclic) bond motifs is 1. The minimum Gasteiger partial charge on any atom is -0.494 e. The van der Waals surface area contributed by atoms with Crippen LogP contribution in [-0.4, -0.2) is 27.8 Å². The van der Waals surface area contributed by atoms with Crippen molar-refractivity contribution in [1.29, 1.82) is 0 Å². The number of carbonyl (C=O) groups is 1. The molecule has 0 atom stereocenters. The number of nitrogens with zero attached hydrogens (tertiary/aromatic N) is 2. The van der Waals surface area contributed by atoms with E-state index in [1.54, 1.807) is 15.9 Å². The first-order valence-corrected chi connectivity index (χ1v) is 13.9. The van der Waals surface area contributed by atoms with Gasteiger partial charge in [-0.1, -0.05) is 37.2 Å². The van der Waals surface area contributed by atoms with Crippen LogP contribution < -0.4 is 15.6 Å². The van der Waals surface area contributed by atoms with Gasteiger partial charge in [0.15, 0.2) is 5.16 Å². The molecule has 0 aliphatic heterocycles. The third-order valence-corrected chi connectivity index (χ3v) is 8.10. The Morgan fingerprint density at radius 3 is 2.56 bits per heavy atom. The predicted molar refractivity (Wildman–Crippen MR) is 150 cm³/mol. The highest BCUT2D eigenvalue weighted by molar-refractivity contribution is 7.99. The van der Waals surface area contributed by atoms with Crippen LogP contribution in [0.3, 0.4) is 0 Å². The van der Waals surface area contributed by atoms with Gasteiger partial charge in [0.05, 0.1) is 23.4 Å². The van der Waals surface area contributed by atoms with E-state index in [1.807, 2.05) is 70.2 Å². The highest BCUT2D eigenvalue weighted by Crippen LogP contribution is 2.31. The van der Waals surface area contributed by atoms with Gasteiger partial charge in [-0.2, -0.15) is 0 Å². The molecule has 0 fully saturated rings. The smallest absolute Gasteiger partial charge is 0.267 e. The van der Waals surface area contributed by atoms with Crippen LogP contribution in [0.15, 0.2) is 52.4 Å². The first kappa shape index (κ1) is 26.0. The van der Waals surface area contributed by atoms with Gasteiger partial charge in [-0.15, -0.1) is 11.3 Å². The largest absolute Gasteiger partial charge is 0.494 e. The summed E-state index contributed by atoms with van der Waals surface area (Å²) in [6.45, 7) is 10.6. The molecule has 4 rings (SSSR count). The Labute approximate surface area is 219 Å². The van der Waals surface area contributed by atoms with Gasteiger partial charge >= 0.3 is 0 Å². The second-order valence-corrected chi connectivity index (χ2v) is 10.7. The highest BCUT2D eigenvalue weighted by Gasteiger charge is 2.20. The van der Waals surface area contributed by atoms with E-state index in [2.05, 4.69) is 12.2 Å². The van der Waals surface area contributed by atoms with Gasteiger partial charge in [-0.05, 0) is 81.1 Å². The molecule has 8 heteroatoms. The van der Waals surface area contributed by atoms with Crippen LogP contribution in [0.1, 0.15) is 41.8 Å². The van der Waals surface area contributed by atoms with Crippen molar-refractivity contribution in [3.63, 3.8) is 0 Å². The number of aryl methyl sites for hydroxylation is 4. The molecule has 36 heavy (non-hydrogen) atoms. The molecule has 0 bridgehead atoms. The molecule has 4 aromatic rings. The molecule has 6 nitrogen and oxygen atoms in total. The minimum atomic E-state index is -0.143. The molecule has 0 aliphatic rings. The van der Waals surface area contributed by atoms with E-state index in [4.69, 9.17) is 9.72 Å². The van der Waals surface area contributed by atoms with Crippen LogP contribution in [0.4, 0.5) is 5.69 Å². The number of hydrogen-bond acceptors (Lipinski definition) is 6. The van der Waals surface area contributed by atoms with E-state index < -0.39 is 0 Å². The Hall–Kier alpha value is -3.10. The molecule has 2 aromatic carbocycles. The summed E-state index contributed by atoms with van der Waals surface area (Å²) in [6, 6.07) is 13.4. The van der Waals surface area contributed by atoms with Gasteiger partial charge in [0.1, 0.15) is 10.6 Å². The standard InChI is InChI=1S/C28H31N3O3S2/c1-6-8-23-19(5)25-26(36-23)30-28(31(27(25)33)20-11-13-21(14-12-20)34-7-2)35-16-24(32)29-22-15-17(3)9-10-18(22)4/h9-15H,6-8,16H2,1-5H3,(H,29,32). The fraction of sp³-hybridized carbons (Fsp3) is 0.321. The Balaban J connectivity index is 1.71. The maximum atomic E-state index is 13.8. The summed E-state index contributed by atoms with van der Waals surface area (Å²) in [5.41, 5.74) is 4.46. The Kier molecular flexibility index (Phi) is 8.16. The molecule has 1 amide bonds. The van der Waals surface area contributed by atoms with Gasteiger partial charge in [-0.3, -0.25) is 14.2 Å². The van der Waals surface area contributed by atoms with Gasteiger partial charge in [-0.25, -0.2) is 4.98 Å². The molecule has 0 radical (unpaired) electrons. The van der Waals surface area contributed by atoms with Crippen LogP contribution in [-0.2, 0) is 11.2 Å². The first-order chi connectivity index (χ1) is 17.3. The Bertz CT molecular complexity index is 1460. The molecule has 2 aromatic heterocycles. The van der Waals surface area contributed by atoms with Gasteiger partial charge in [0, 0.05) is 10.6 Å². The van der Waals surface area contributed by atoms with Crippen molar-refractivity contribution in [3.8, 4) is 11.4 Å². The summed E-state index contributed by atoms with van der Waals surface area (Å²) in [7, 11) is 0. The lowest BCUT2D eigenvalue weighted by molar-refractivity contribution is -0.113. The fourth-order valence-electron chi connectivity index (χ4n) is 4.05. The molecule has 0 aliphatic carbocycles. The van der Waals surface area contributed by atoms with E-state index in [1.165, 1.54) is 16.6 Å². The molecule has 0 saturated heterocycles. The van der Waals surface area contributed by atoms with Crippen molar-refractivity contribution >= 4 is 44.9 Å². The maximum absolute atomic E-state index is 13.8. The summed E-state index contributed by atoms with van der Waals surface area (Å²) in [4.78, 5) is 33.4.